The van der Waals surface area contributed by atoms with Crippen LogP contribution in [0, 0.1) is 6.92 Å². The number of aryl methyl sites for hydroxylation is 2. The number of methoxy groups -OCH3 is 1. The van der Waals surface area contributed by atoms with Crippen molar-refractivity contribution < 1.29 is 9.53 Å². The molecule has 10 nitrogen and oxygen atoms in total. The van der Waals surface area contributed by atoms with Crippen molar-refractivity contribution in [2.75, 3.05) is 12.4 Å². The fraction of sp³-hybridized carbons (Fsp3) is 0.333. The van der Waals surface area contributed by atoms with Crippen LogP contribution in [0.25, 0.3) is 5.69 Å². The van der Waals surface area contributed by atoms with Gasteiger partial charge >= 0.3 is 6.03 Å². The highest BCUT2D eigenvalue weighted by molar-refractivity contribution is 7.11. The van der Waals surface area contributed by atoms with Gasteiger partial charge in [0.1, 0.15) is 15.8 Å². The summed E-state index contributed by atoms with van der Waals surface area (Å²) in [5, 5.41) is 26.7. The molecule has 0 aliphatic rings. The van der Waals surface area contributed by atoms with E-state index in [0.717, 1.165) is 16.4 Å². The van der Waals surface area contributed by atoms with Crippen LogP contribution >= 0.6 is 11.3 Å². The molecule has 0 spiro atoms. The predicted octanol–water partition coefficient (Wildman–Crippen LogP) is 1.71. The minimum absolute atomic E-state index is 0.312. The molecule has 0 saturated carbocycles. The lowest BCUT2D eigenvalue weighted by Crippen LogP contribution is -2.28. The van der Waals surface area contributed by atoms with Gasteiger partial charge in [-0.05, 0) is 29.8 Å². The highest BCUT2D eigenvalue weighted by Gasteiger charge is 2.10. The minimum Gasteiger partial charge on any atom is -0.497 e. The molecule has 3 rings (SSSR count). The SMILES string of the molecule is CCc1nnc(CNC(=O)Nc2cc(OC)cc(-n3nnnc3C)c2)s1. The molecule has 3 aromatic rings. The summed E-state index contributed by atoms with van der Waals surface area (Å²) in [5.74, 6) is 1.20. The maximum Gasteiger partial charge on any atom is 0.319 e. The number of hydrogen-bond acceptors (Lipinski definition) is 8. The van der Waals surface area contributed by atoms with E-state index in [9.17, 15) is 4.79 Å². The number of rotatable bonds is 6. The number of nitrogens with one attached hydrogen (secondary N) is 2. The number of nitrogens with zero attached hydrogens (tertiary/aromatic N) is 6. The third-order valence-corrected chi connectivity index (χ3v) is 4.53. The number of amides is 2. The Bertz CT molecular complexity index is 907. The Labute approximate surface area is 153 Å². The first-order valence-electron chi connectivity index (χ1n) is 7.89. The summed E-state index contributed by atoms with van der Waals surface area (Å²) in [5.41, 5.74) is 1.23. The van der Waals surface area contributed by atoms with Crippen LogP contribution in [0.1, 0.15) is 22.8 Å². The van der Waals surface area contributed by atoms with Crippen LogP contribution in [-0.2, 0) is 13.0 Å². The van der Waals surface area contributed by atoms with Gasteiger partial charge in [0.15, 0.2) is 5.82 Å². The number of anilines is 1. The normalized spacial score (nSPS) is 10.6. The lowest BCUT2D eigenvalue weighted by molar-refractivity contribution is 0.251. The molecule has 2 aromatic heterocycles. The molecule has 136 valence electrons. The van der Waals surface area contributed by atoms with Gasteiger partial charge in [-0.1, -0.05) is 18.3 Å². The molecular weight excluding hydrogens is 356 g/mol. The molecule has 2 amide bonds. The molecule has 0 radical (unpaired) electrons. The van der Waals surface area contributed by atoms with Crippen molar-refractivity contribution in [1.29, 1.82) is 0 Å². The van der Waals surface area contributed by atoms with Gasteiger partial charge in [0.25, 0.3) is 0 Å². The first-order chi connectivity index (χ1) is 12.6. The Kier molecular flexibility index (Phi) is 5.37. The van der Waals surface area contributed by atoms with E-state index in [1.807, 2.05) is 6.92 Å². The number of ether oxygens (including phenoxy) is 1. The predicted molar refractivity (Wildman–Crippen MR) is 95.6 cm³/mol. The number of benzene rings is 1. The molecule has 0 unspecified atom stereocenters. The summed E-state index contributed by atoms with van der Waals surface area (Å²) < 4.78 is 6.84. The summed E-state index contributed by atoms with van der Waals surface area (Å²) >= 11 is 1.48. The Morgan fingerprint density at radius 1 is 1.23 bits per heavy atom. The molecule has 1 aromatic carbocycles. The zero-order valence-electron chi connectivity index (χ0n) is 14.6. The molecule has 2 heterocycles. The Morgan fingerprint density at radius 2 is 2.04 bits per heavy atom. The average Bonchev–Trinajstić information content (AvgIpc) is 3.28. The Hall–Kier alpha value is -3.08. The van der Waals surface area contributed by atoms with E-state index in [4.69, 9.17) is 4.74 Å². The Balaban J connectivity index is 1.70. The number of urea groups is 1. The molecule has 0 atom stereocenters. The summed E-state index contributed by atoms with van der Waals surface area (Å²) in [6, 6.07) is 4.89. The van der Waals surface area contributed by atoms with E-state index >= 15 is 0 Å². The van der Waals surface area contributed by atoms with Crippen molar-refractivity contribution in [3.05, 3.63) is 34.0 Å². The van der Waals surface area contributed by atoms with Gasteiger partial charge in [0.2, 0.25) is 0 Å². The number of tetrazole rings is 1. The van der Waals surface area contributed by atoms with Gasteiger partial charge < -0.3 is 15.4 Å². The molecule has 26 heavy (non-hydrogen) atoms. The van der Waals surface area contributed by atoms with Crippen LogP contribution in [0.3, 0.4) is 0 Å². The zero-order valence-corrected chi connectivity index (χ0v) is 15.4. The van der Waals surface area contributed by atoms with Crippen LogP contribution in [-0.4, -0.2) is 43.5 Å². The number of aromatic nitrogens is 6. The van der Waals surface area contributed by atoms with E-state index in [1.54, 1.807) is 36.9 Å². The quantitative estimate of drug-likeness (QED) is 0.674. The highest BCUT2D eigenvalue weighted by atomic mass is 32.1. The van der Waals surface area contributed by atoms with E-state index < -0.39 is 0 Å². The number of hydrogen-bond donors (Lipinski definition) is 2. The molecule has 0 fully saturated rings. The summed E-state index contributed by atoms with van der Waals surface area (Å²) in [7, 11) is 1.55. The molecule has 0 aliphatic carbocycles. The van der Waals surface area contributed by atoms with Crippen molar-refractivity contribution in [2.24, 2.45) is 0 Å². The van der Waals surface area contributed by atoms with Crippen molar-refractivity contribution in [3.8, 4) is 11.4 Å². The average molecular weight is 374 g/mol. The van der Waals surface area contributed by atoms with Crippen LogP contribution in [0.15, 0.2) is 18.2 Å². The van der Waals surface area contributed by atoms with Crippen LogP contribution in [0.2, 0.25) is 0 Å². The fourth-order valence-corrected chi connectivity index (χ4v) is 2.92. The van der Waals surface area contributed by atoms with Crippen molar-refractivity contribution in [2.45, 2.75) is 26.8 Å². The van der Waals surface area contributed by atoms with Crippen LogP contribution < -0.4 is 15.4 Å². The minimum atomic E-state index is -0.356. The summed E-state index contributed by atoms with van der Waals surface area (Å²) in [4.78, 5) is 12.2. The van der Waals surface area contributed by atoms with Gasteiger partial charge in [0.05, 0.1) is 19.3 Å². The lowest BCUT2D eigenvalue weighted by Gasteiger charge is -2.11. The smallest absolute Gasteiger partial charge is 0.319 e. The van der Waals surface area contributed by atoms with Crippen molar-refractivity contribution >= 4 is 23.1 Å². The van der Waals surface area contributed by atoms with E-state index in [-0.39, 0.29) is 6.03 Å². The van der Waals surface area contributed by atoms with Gasteiger partial charge in [-0.15, -0.1) is 15.3 Å². The Morgan fingerprint density at radius 3 is 2.69 bits per heavy atom. The molecular formula is C15H18N8O2S. The van der Waals surface area contributed by atoms with Crippen molar-refractivity contribution in [1.82, 2.24) is 35.7 Å². The third kappa shape index (κ3) is 4.11. The molecule has 11 heteroatoms. The maximum atomic E-state index is 12.2. The highest BCUT2D eigenvalue weighted by Crippen LogP contribution is 2.23. The second kappa shape index (κ2) is 7.87. The number of carbonyl (C=O) groups excluding carboxylic acids is 1. The largest absolute Gasteiger partial charge is 0.497 e. The zero-order chi connectivity index (χ0) is 18.5. The standard InChI is InChI=1S/C15H18N8O2S/c1-4-13-19-20-14(26-13)8-16-15(24)17-10-5-11(7-12(6-10)25-3)23-9(2)18-21-22-23/h5-7H,4,8H2,1-3H3,(H2,16,17,24). The van der Waals surface area contributed by atoms with Gasteiger partial charge in [-0.2, -0.15) is 4.68 Å². The van der Waals surface area contributed by atoms with Crippen LogP contribution in [0.5, 0.6) is 5.75 Å². The van der Waals surface area contributed by atoms with E-state index in [1.165, 1.54) is 11.3 Å². The third-order valence-electron chi connectivity index (χ3n) is 3.47. The van der Waals surface area contributed by atoms with Gasteiger partial charge in [0, 0.05) is 17.8 Å². The summed E-state index contributed by atoms with van der Waals surface area (Å²) in [6.07, 6.45) is 0.826. The van der Waals surface area contributed by atoms with Gasteiger partial charge in [-0.25, -0.2) is 4.79 Å². The topological polar surface area (TPSA) is 120 Å². The number of carbonyl (C=O) groups is 1. The van der Waals surface area contributed by atoms with Crippen LogP contribution in [0.4, 0.5) is 10.5 Å². The van der Waals surface area contributed by atoms with E-state index in [0.29, 0.717) is 29.5 Å². The first kappa shape index (κ1) is 17.7. The van der Waals surface area contributed by atoms with Gasteiger partial charge in [-0.3, -0.25) is 0 Å². The lowest BCUT2D eigenvalue weighted by atomic mass is 10.2. The molecule has 0 aliphatic heterocycles. The molecule has 2 N–H and O–H groups in total. The van der Waals surface area contributed by atoms with Crippen molar-refractivity contribution in [3.63, 3.8) is 0 Å². The maximum absolute atomic E-state index is 12.2. The monoisotopic (exact) mass is 374 g/mol. The fourth-order valence-electron chi connectivity index (χ4n) is 2.20. The first-order valence-corrected chi connectivity index (χ1v) is 8.71. The molecule has 0 bridgehead atoms. The second-order valence-electron chi connectivity index (χ2n) is 5.31. The second-order valence-corrected chi connectivity index (χ2v) is 6.46. The van der Waals surface area contributed by atoms with E-state index in [2.05, 4.69) is 36.4 Å². The molecule has 0 saturated heterocycles. The summed E-state index contributed by atoms with van der Waals surface area (Å²) in [6.45, 7) is 4.11.